The van der Waals surface area contributed by atoms with Gasteiger partial charge in [0.2, 0.25) is 0 Å². The van der Waals surface area contributed by atoms with Gasteiger partial charge in [-0.3, -0.25) is 0 Å². The van der Waals surface area contributed by atoms with Gasteiger partial charge in [-0.1, -0.05) is 15.9 Å². The molecule has 2 aromatic rings. The Morgan fingerprint density at radius 2 is 2.29 bits per heavy atom. The van der Waals surface area contributed by atoms with E-state index in [1.54, 1.807) is 11.3 Å². The van der Waals surface area contributed by atoms with E-state index in [4.69, 9.17) is 0 Å². The highest BCUT2D eigenvalue weighted by Gasteiger charge is 2.06. The number of thiazole rings is 1. The molecule has 1 aromatic heterocycles. The Bertz CT molecular complexity index is 464. The van der Waals surface area contributed by atoms with Crippen molar-refractivity contribution >= 4 is 37.5 Å². The van der Waals surface area contributed by atoms with Crippen molar-refractivity contribution in [2.45, 2.75) is 13.5 Å². The van der Waals surface area contributed by atoms with Crippen molar-refractivity contribution in [3.63, 3.8) is 0 Å². The standard InChI is InChI=1S/C10H11BrN2S/c1-6-13-10-7(5-12-2)3-8(11)4-9(10)14-6/h3-4,12H,5H2,1-2H3. The van der Waals surface area contributed by atoms with E-state index >= 15 is 0 Å². The van der Waals surface area contributed by atoms with E-state index in [9.17, 15) is 0 Å². The molecule has 2 rings (SSSR count). The van der Waals surface area contributed by atoms with Gasteiger partial charge in [0.25, 0.3) is 0 Å². The number of benzene rings is 1. The van der Waals surface area contributed by atoms with Gasteiger partial charge in [0.15, 0.2) is 0 Å². The number of aromatic nitrogens is 1. The average molecular weight is 271 g/mol. The van der Waals surface area contributed by atoms with Gasteiger partial charge < -0.3 is 5.32 Å². The predicted octanol–water partition coefficient (Wildman–Crippen LogP) is 3.09. The summed E-state index contributed by atoms with van der Waals surface area (Å²) in [6, 6.07) is 4.25. The molecule has 74 valence electrons. The number of hydrogen-bond donors (Lipinski definition) is 1. The first kappa shape index (κ1) is 10.1. The summed E-state index contributed by atoms with van der Waals surface area (Å²) in [6.07, 6.45) is 0. The van der Waals surface area contributed by atoms with E-state index in [0.29, 0.717) is 0 Å². The van der Waals surface area contributed by atoms with E-state index in [1.807, 2.05) is 14.0 Å². The SMILES string of the molecule is CNCc1cc(Br)cc2sc(C)nc12. The van der Waals surface area contributed by atoms with Crippen LogP contribution in [0.2, 0.25) is 0 Å². The second-order valence-electron chi connectivity index (χ2n) is 3.17. The zero-order valence-electron chi connectivity index (χ0n) is 8.10. The van der Waals surface area contributed by atoms with Crippen LogP contribution in [0.3, 0.4) is 0 Å². The molecule has 0 aliphatic heterocycles. The maximum atomic E-state index is 4.53. The summed E-state index contributed by atoms with van der Waals surface area (Å²) < 4.78 is 2.38. The minimum atomic E-state index is 0.860. The van der Waals surface area contributed by atoms with Crippen molar-refractivity contribution in [3.8, 4) is 0 Å². The lowest BCUT2D eigenvalue weighted by Crippen LogP contribution is -2.05. The molecule has 1 N–H and O–H groups in total. The molecule has 0 amide bonds. The van der Waals surface area contributed by atoms with Crippen LogP contribution in [0, 0.1) is 6.92 Å². The second-order valence-corrected chi connectivity index (χ2v) is 5.33. The molecule has 0 unspecified atom stereocenters. The third-order valence-corrected chi connectivity index (χ3v) is 3.39. The van der Waals surface area contributed by atoms with Gasteiger partial charge in [-0.25, -0.2) is 4.98 Å². The molecule has 0 atom stereocenters. The van der Waals surface area contributed by atoms with Crippen molar-refractivity contribution in [2.24, 2.45) is 0 Å². The Hall–Kier alpha value is -0.450. The number of nitrogens with one attached hydrogen (secondary N) is 1. The smallest absolute Gasteiger partial charge is 0.0907 e. The minimum Gasteiger partial charge on any atom is -0.316 e. The number of fused-ring (bicyclic) bond motifs is 1. The highest BCUT2D eigenvalue weighted by molar-refractivity contribution is 9.10. The first-order chi connectivity index (χ1) is 6.70. The van der Waals surface area contributed by atoms with Gasteiger partial charge in [-0.2, -0.15) is 0 Å². The van der Waals surface area contributed by atoms with Crippen LogP contribution in [0.15, 0.2) is 16.6 Å². The van der Waals surface area contributed by atoms with Crippen LogP contribution < -0.4 is 5.32 Å². The summed E-state index contributed by atoms with van der Waals surface area (Å²) in [7, 11) is 1.95. The maximum Gasteiger partial charge on any atom is 0.0907 e. The first-order valence-corrected chi connectivity index (χ1v) is 6.02. The van der Waals surface area contributed by atoms with Crippen LogP contribution in [-0.4, -0.2) is 12.0 Å². The quantitative estimate of drug-likeness (QED) is 0.907. The zero-order valence-corrected chi connectivity index (χ0v) is 10.5. The normalized spacial score (nSPS) is 11.1. The van der Waals surface area contributed by atoms with Gasteiger partial charge in [0.1, 0.15) is 0 Å². The van der Waals surface area contributed by atoms with Crippen LogP contribution in [0.25, 0.3) is 10.2 Å². The lowest BCUT2D eigenvalue weighted by atomic mass is 10.2. The number of halogens is 1. The molecule has 0 bridgehead atoms. The van der Waals surface area contributed by atoms with Gasteiger partial charge in [0.05, 0.1) is 15.2 Å². The fourth-order valence-corrected chi connectivity index (χ4v) is 3.07. The van der Waals surface area contributed by atoms with Crippen molar-refractivity contribution in [1.29, 1.82) is 0 Å². The number of aryl methyl sites for hydroxylation is 1. The largest absolute Gasteiger partial charge is 0.316 e. The summed E-state index contributed by atoms with van der Waals surface area (Å²) in [4.78, 5) is 4.53. The molecule has 0 saturated heterocycles. The average Bonchev–Trinajstić information content (AvgIpc) is 2.45. The van der Waals surface area contributed by atoms with Crippen LogP contribution >= 0.6 is 27.3 Å². The van der Waals surface area contributed by atoms with E-state index in [2.05, 4.69) is 38.4 Å². The molecule has 0 fully saturated rings. The molecule has 1 aromatic carbocycles. The molecular formula is C10H11BrN2S. The Kier molecular flexibility index (Phi) is 2.85. The summed E-state index contributed by atoms with van der Waals surface area (Å²) in [5, 5.41) is 4.28. The molecule has 0 saturated carbocycles. The molecule has 1 heterocycles. The molecule has 14 heavy (non-hydrogen) atoms. The number of hydrogen-bond acceptors (Lipinski definition) is 3. The topological polar surface area (TPSA) is 24.9 Å². The van der Waals surface area contributed by atoms with Gasteiger partial charge in [-0.15, -0.1) is 11.3 Å². The fourth-order valence-electron chi connectivity index (χ4n) is 1.50. The lowest BCUT2D eigenvalue weighted by Gasteiger charge is -2.01. The molecule has 0 aliphatic carbocycles. The second kappa shape index (κ2) is 3.96. The molecule has 0 spiro atoms. The van der Waals surface area contributed by atoms with Crippen LogP contribution in [0.1, 0.15) is 10.6 Å². The van der Waals surface area contributed by atoms with Crippen molar-refractivity contribution in [2.75, 3.05) is 7.05 Å². The first-order valence-electron chi connectivity index (χ1n) is 4.41. The summed E-state index contributed by atoms with van der Waals surface area (Å²) in [6.45, 7) is 2.90. The summed E-state index contributed by atoms with van der Waals surface area (Å²) in [5.41, 5.74) is 2.38. The van der Waals surface area contributed by atoms with E-state index in [0.717, 1.165) is 21.5 Å². The van der Waals surface area contributed by atoms with E-state index in [-0.39, 0.29) is 0 Å². The summed E-state index contributed by atoms with van der Waals surface area (Å²) >= 11 is 5.25. The fraction of sp³-hybridized carbons (Fsp3) is 0.300. The minimum absolute atomic E-state index is 0.860. The van der Waals surface area contributed by atoms with Crippen molar-refractivity contribution in [3.05, 3.63) is 27.2 Å². The molecular weight excluding hydrogens is 260 g/mol. The third-order valence-electron chi connectivity index (χ3n) is 2.01. The molecule has 0 aliphatic rings. The van der Waals surface area contributed by atoms with Crippen LogP contribution in [0.4, 0.5) is 0 Å². The number of rotatable bonds is 2. The predicted molar refractivity (Wildman–Crippen MR) is 64.8 cm³/mol. The van der Waals surface area contributed by atoms with Crippen molar-refractivity contribution < 1.29 is 0 Å². The van der Waals surface area contributed by atoms with Crippen LogP contribution in [-0.2, 0) is 6.54 Å². The van der Waals surface area contributed by atoms with Crippen molar-refractivity contribution in [1.82, 2.24) is 10.3 Å². The zero-order chi connectivity index (χ0) is 10.1. The molecule has 4 heteroatoms. The highest BCUT2D eigenvalue weighted by atomic mass is 79.9. The Morgan fingerprint density at radius 1 is 1.50 bits per heavy atom. The highest BCUT2D eigenvalue weighted by Crippen LogP contribution is 2.28. The Balaban J connectivity index is 2.66. The Labute approximate surface area is 95.5 Å². The third kappa shape index (κ3) is 1.82. The molecule has 0 radical (unpaired) electrons. The van der Waals surface area contributed by atoms with Gasteiger partial charge in [-0.05, 0) is 31.7 Å². The van der Waals surface area contributed by atoms with Gasteiger partial charge in [0, 0.05) is 11.0 Å². The number of nitrogens with zero attached hydrogens (tertiary/aromatic N) is 1. The molecule has 2 nitrogen and oxygen atoms in total. The van der Waals surface area contributed by atoms with E-state index in [1.165, 1.54) is 10.3 Å². The van der Waals surface area contributed by atoms with E-state index < -0.39 is 0 Å². The van der Waals surface area contributed by atoms with Gasteiger partial charge >= 0.3 is 0 Å². The maximum absolute atomic E-state index is 4.53. The van der Waals surface area contributed by atoms with Crippen LogP contribution in [0.5, 0.6) is 0 Å². The Morgan fingerprint density at radius 3 is 3.00 bits per heavy atom. The summed E-state index contributed by atoms with van der Waals surface area (Å²) in [5.74, 6) is 0. The monoisotopic (exact) mass is 270 g/mol. The lowest BCUT2D eigenvalue weighted by molar-refractivity contribution is 0.821.